The fraction of sp³-hybridized carbons (Fsp3) is 0.600. The van der Waals surface area contributed by atoms with E-state index in [4.69, 9.17) is 0 Å². The predicted molar refractivity (Wildman–Crippen MR) is 103 cm³/mol. The van der Waals surface area contributed by atoms with Crippen molar-refractivity contribution < 1.29 is 9.90 Å². The normalized spacial score (nSPS) is 21.3. The summed E-state index contributed by atoms with van der Waals surface area (Å²) < 4.78 is 0. The number of hydrogen-bond donors (Lipinski definition) is 2. The van der Waals surface area contributed by atoms with E-state index in [2.05, 4.69) is 16.0 Å². The number of carbonyl (C=O) groups excluding carboxylic acids is 1. The fourth-order valence-electron chi connectivity index (χ4n) is 3.92. The average Bonchev–Trinajstić information content (AvgIpc) is 2.83. The maximum absolute atomic E-state index is 12.6. The first-order valence-electron chi connectivity index (χ1n) is 9.45. The average molecular weight is 358 g/mol. The van der Waals surface area contributed by atoms with Crippen molar-refractivity contribution in [1.29, 1.82) is 0 Å². The Balaban J connectivity index is 1.55. The molecule has 0 radical (unpaired) electrons. The summed E-state index contributed by atoms with van der Waals surface area (Å²) in [5, 5.41) is 10.7. The quantitative estimate of drug-likeness (QED) is 0.859. The zero-order valence-electron chi connectivity index (χ0n) is 16.1. The van der Waals surface area contributed by atoms with Gasteiger partial charge in [-0.3, -0.25) is 4.79 Å². The van der Waals surface area contributed by atoms with E-state index < -0.39 is 5.60 Å². The molecule has 1 aliphatic rings. The molecule has 2 N–H and O–H groups in total. The zero-order valence-corrected chi connectivity index (χ0v) is 16.1. The molecule has 142 valence electrons. The molecule has 1 aliphatic heterocycles. The van der Waals surface area contributed by atoms with Gasteiger partial charge in [-0.25, -0.2) is 4.98 Å². The summed E-state index contributed by atoms with van der Waals surface area (Å²) in [7, 11) is 3.95. The lowest BCUT2D eigenvalue weighted by Crippen LogP contribution is -2.41. The molecule has 1 fully saturated rings. The third-order valence-corrected chi connectivity index (χ3v) is 5.17. The molecule has 1 atom stereocenters. The number of aromatic nitrogens is 2. The number of amides is 1. The van der Waals surface area contributed by atoms with Crippen LogP contribution < -0.4 is 0 Å². The summed E-state index contributed by atoms with van der Waals surface area (Å²) in [5.41, 5.74) is 2.46. The highest BCUT2D eigenvalue weighted by Crippen LogP contribution is 2.23. The third-order valence-electron chi connectivity index (χ3n) is 5.17. The third kappa shape index (κ3) is 4.62. The number of aromatic amines is 1. The van der Waals surface area contributed by atoms with Crippen molar-refractivity contribution in [2.24, 2.45) is 0 Å². The largest absolute Gasteiger partial charge is 0.388 e. The van der Waals surface area contributed by atoms with Gasteiger partial charge in [0.05, 0.1) is 16.6 Å². The SMILES string of the molecule is Cc1nc2ccc(CCC(=O)N3CCC[C@](O)(CN(C)C)CC3)cc2[nH]1. The monoisotopic (exact) mass is 358 g/mol. The van der Waals surface area contributed by atoms with Crippen molar-refractivity contribution in [3.8, 4) is 0 Å². The number of fused-ring (bicyclic) bond motifs is 1. The Hall–Kier alpha value is -1.92. The molecule has 1 amide bonds. The highest BCUT2D eigenvalue weighted by molar-refractivity contribution is 5.78. The van der Waals surface area contributed by atoms with E-state index in [1.807, 2.05) is 43.0 Å². The van der Waals surface area contributed by atoms with Gasteiger partial charge in [0, 0.05) is 26.1 Å². The molecular weight excluding hydrogens is 328 g/mol. The van der Waals surface area contributed by atoms with Gasteiger partial charge in [-0.15, -0.1) is 0 Å². The number of benzene rings is 1. The first kappa shape index (κ1) is 18.9. The van der Waals surface area contributed by atoms with Crippen LogP contribution in [0.4, 0.5) is 0 Å². The van der Waals surface area contributed by atoms with Crippen molar-refractivity contribution in [2.45, 2.75) is 44.6 Å². The molecule has 2 aromatic rings. The number of aryl methyl sites for hydroxylation is 2. The van der Waals surface area contributed by atoms with Gasteiger partial charge < -0.3 is 19.9 Å². The Kier molecular flexibility index (Phi) is 5.63. The van der Waals surface area contributed by atoms with Crippen molar-refractivity contribution in [2.75, 3.05) is 33.7 Å². The predicted octanol–water partition coefficient (Wildman–Crippen LogP) is 2.11. The summed E-state index contributed by atoms with van der Waals surface area (Å²) in [6, 6.07) is 6.14. The molecule has 6 heteroatoms. The van der Waals surface area contributed by atoms with Crippen LogP contribution in [0, 0.1) is 6.92 Å². The van der Waals surface area contributed by atoms with E-state index in [1.165, 1.54) is 0 Å². The van der Waals surface area contributed by atoms with E-state index in [1.54, 1.807) is 0 Å². The number of nitrogens with one attached hydrogen (secondary N) is 1. The van der Waals surface area contributed by atoms with E-state index in [0.717, 1.165) is 48.2 Å². The van der Waals surface area contributed by atoms with Crippen molar-refractivity contribution >= 4 is 16.9 Å². The molecule has 26 heavy (non-hydrogen) atoms. The van der Waals surface area contributed by atoms with Gasteiger partial charge in [-0.05, 0) is 64.4 Å². The number of nitrogens with zero attached hydrogens (tertiary/aromatic N) is 3. The standard InChI is InChI=1S/C20H30N4O2/c1-15-21-17-7-5-16(13-18(17)22-15)6-8-19(25)24-11-4-9-20(26,10-12-24)14-23(2)3/h5,7,13,26H,4,6,8-12,14H2,1-3H3,(H,21,22)/t20-/m1/s1. The molecule has 0 unspecified atom stereocenters. The summed E-state index contributed by atoms with van der Waals surface area (Å²) in [6.07, 6.45) is 3.49. The van der Waals surface area contributed by atoms with Gasteiger partial charge in [-0.2, -0.15) is 0 Å². The number of rotatable bonds is 5. The Morgan fingerprint density at radius 2 is 2.15 bits per heavy atom. The number of carbonyl (C=O) groups is 1. The van der Waals surface area contributed by atoms with E-state index >= 15 is 0 Å². The molecular formula is C20H30N4O2. The van der Waals surface area contributed by atoms with Gasteiger partial charge in [-0.1, -0.05) is 6.07 Å². The smallest absolute Gasteiger partial charge is 0.222 e. The Morgan fingerprint density at radius 1 is 1.35 bits per heavy atom. The first-order valence-corrected chi connectivity index (χ1v) is 9.45. The topological polar surface area (TPSA) is 72.5 Å². The van der Waals surface area contributed by atoms with Crippen LogP contribution in [0.2, 0.25) is 0 Å². The lowest BCUT2D eigenvalue weighted by atomic mass is 9.94. The summed E-state index contributed by atoms with van der Waals surface area (Å²) in [5.74, 6) is 1.09. The van der Waals surface area contributed by atoms with Crippen LogP contribution in [-0.4, -0.2) is 70.1 Å². The molecule has 6 nitrogen and oxygen atoms in total. The maximum Gasteiger partial charge on any atom is 0.222 e. The first-order chi connectivity index (χ1) is 12.3. The van der Waals surface area contributed by atoms with Gasteiger partial charge in [0.15, 0.2) is 0 Å². The summed E-state index contributed by atoms with van der Waals surface area (Å²) in [6.45, 7) is 3.98. The second-order valence-corrected chi connectivity index (χ2v) is 7.87. The Labute approximate surface area is 155 Å². The maximum atomic E-state index is 12.6. The van der Waals surface area contributed by atoms with Gasteiger partial charge >= 0.3 is 0 Å². The second kappa shape index (κ2) is 7.76. The highest BCUT2D eigenvalue weighted by Gasteiger charge is 2.31. The molecule has 0 spiro atoms. The number of aliphatic hydroxyl groups is 1. The highest BCUT2D eigenvalue weighted by atomic mass is 16.3. The van der Waals surface area contributed by atoms with Crippen LogP contribution in [0.5, 0.6) is 0 Å². The van der Waals surface area contributed by atoms with Crippen molar-refractivity contribution in [3.63, 3.8) is 0 Å². The lowest BCUT2D eigenvalue weighted by Gasteiger charge is -2.30. The molecule has 0 bridgehead atoms. The van der Waals surface area contributed by atoms with E-state index in [-0.39, 0.29) is 5.91 Å². The van der Waals surface area contributed by atoms with Gasteiger partial charge in [0.25, 0.3) is 0 Å². The number of likely N-dealkylation sites (tertiary alicyclic amines) is 1. The molecule has 2 heterocycles. The molecule has 1 aromatic carbocycles. The fourth-order valence-corrected chi connectivity index (χ4v) is 3.92. The van der Waals surface area contributed by atoms with E-state index in [9.17, 15) is 9.90 Å². The Morgan fingerprint density at radius 3 is 2.92 bits per heavy atom. The van der Waals surface area contributed by atoms with Crippen LogP contribution in [0.1, 0.15) is 37.1 Å². The van der Waals surface area contributed by atoms with E-state index in [0.29, 0.717) is 25.9 Å². The Bertz CT molecular complexity index is 770. The number of imidazole rings is 1. The molecule has 1 aromatic heterocycles. The van der Waals surface area contributed by atoms with Crippen LogP contribution in [0.25, 0.3) is 11.0 Å². The van der Waals surface area contributed by atoms with Crippen LogP contribution in [0.15, 0.2) is 18.2 Å². The van der Waals surface area contributed by atoms with Crippen molar-refractivity contribution in [3.05, 3.63) is 29.6 Å². The second-order valence-electron chi connectivity index (χ2n) is 7.87. The summed E-state index contributed by atoms with van der Waals surface area (Å²) in [4.78, 5) is 24.2. The molecule has 0 saturated carbocycles. The number of hydrogen-bond acceptors (Lipinski definition) is 4. The number of likely N-dealkylation sites (N-methyl/N-ethyl adjacent to an activating group) is 1. The zero-order chi connectivity index (χ0) is 18.7. The van der Waals surface area contributed by atoms with Gasteiger partial charge in [0.2, 0.25) is 5.91 Å². The lowest BCUT2D eigenvalue weighted by molar-refractivity contribution is -0.131. The summed E-state index contributed by atoms with van der Waals surface area (Å²) >= 11 is 0. The number of H-pyrrole nitrogens is 1. The van der Waals surface area contributed by atoms with Crippen LogP contribution in [0.3, 0.4) is 0 Å². The molecule has 3 rings (SSSR count). The minimum atomic E-state index is -0.679. The van der Waals surface area contributed by atoms with Crippen molar-refractivity contribution in [1.82, 2.24) is 19.8 Å². The minimum Gasteiger partial charge on any atom is -0.388 e. The molecule has 1 saturated heterocycles. The minimum absolute atomic E-state index is 0.181. The van der Waals surface area contributed by atoms with Crippen LogP contribution in [-0.2, 0) is 11.2 Å². The van der Waals surface area contributed by atoms with Crippen LogP contribution >= 0.6 is 0 Å². The van der Waals surface area contributed by atoms with Gasteiger partial charge in [0.1, 0.15) is 5.82 Å². The molecule has 0 aliphatic carbocycles.